The molecule has 0 radical (unpaired) electrons. The number of ether oxygens (including phenoxy) is 1. The number of aliphatic hydroxyl groups excluding tert-OH is 1. The van der Waals surface area contributed by atoms with Crippen molar-refractivity contribution in [2.75, 3.05) is 6.61 Å². The van der Waals surface area contributed by atoms with Gasteiger partial charge in [0, 0.05) is 23.5 Å². The van der Waals surface area contributed by atoms with E-state index in [1.165, 1.54) is 0 Å². The molecule has 4 heteroatoms. The minimum atomic E-state index is -0.871. The van der Waals surface area contributed by atoms with Crippen molar-refractivity contribution in [1.82, 2.24) is 0 Å². The first kappa shape index (κ1) is 16.2. The van der Waals surface area contributed by atoms with Crippen LogP contribution in [0.25, 0.3) is 0 Å². The van der Waals surface area contributed by atoms with Crippen LogP contribution in [-0.4, -0.2) is 27.5 Å². The van der Waals surface area contributed by atoms with E-state index in [0.717, 1.165) is 30.4 Å². The largest absolute Gasteiger partial charge is 0.504 e. The lowest BCUT2D eigenvalue weighted by atomic mass is 9.59. The van der Waals surface area contributed by atoms with Gasteiger partial charge in [-0.1, -0.05) is 27.2 Å². The van der Waals surface area contributed by atoms with Gasteiger partial charge in [0.2, 0.25) is 0 Å². The van der Waals surface area contributed by atoms with Crippen molar-refractivity contribution in [3.63, 3.8) is 0 Å². The van der Waals surface area contributed by atoms with Crippen LogP contribution in [0.1, 0.15) is 75.2 Å². The molecule has 3 N–H and O–H groups in total. The van der Waals surface area contributed by atoms with Gasteiger partial charge in [0.1, 0.15) is 0 Å². The number of aliphatic hydroxyl groups is 2. The Bertz CT molecular complexity index is 681. The number of hydrogen-bond acceptors (Lipinski definition) is 4. The zero-order valence-corrected chi connectivity index (χ0v) is 14.8. The van der Waals surface area contributed by atoms with E-state index >= 15 is 0 Å². The van der Waals surface area contributed by atoms with Crippen molar-refractivity contribution in [3.05, 3.63) is 22.8 Å². The summed E-state index contributed by atoms with van der Waals surface area (Å²) in [6.07, 6.45) is 3.05. The third kappa shape index (κ3) is 2.19. The zero-order chi connectivity index (χ0) is 17.3. The maximum atomic E-state index is 11.4. The van der Waals surface area contributed by atoms with Crippen molar-refractivity contribution in [1.29, 1.82) is 0 Å². The summed E-state index contributed by atoms with van der Waals surface area (Å²) >= 11 is 0. The van der Waals surface area contributed by atoms with Gasteiger partial charge in [-0.25, -0.2) is 0 Å². The molecule has 0 bridgehead atoms. The Kier molecular flexibility index (Phi) is 3.46. The van der Waals surface area contributed by atoms with E-state index in [1.54, 1.807) is 0 Å². The fraction of sp³-hybridized carbons (Fsp3) is 0.700. The Hall–Kier alpha value is -1.26. The van der Waals surface area contributed by atoms with Crippen molar-refractivity contribution in [2.24, 2.45) is 11.3 Å². The molecule has 1 aromatic rings. The van der Waals surface area contributed by atoms with E-state index in [9.17, 15) is 15.3 Å². The number of aromatic hydroxyl groups is 1. The van der Waals surface area contributed by atoms with Crippen LogP contribution in [0.5, 0.6) is 11.5 Å². The van der Waals surface area contributed by atoms with Gasteiger partial charge in [-0.15, -0.1) is 0 Å². The third-order valence-electron chi connectivity index (χ3n) is 6.75. The van der Waals surface area contributed by atoms with Crippen LogP contribution >= 0.6 is 0 Å². The van der Waals surface area contributed by atoms with Crippen molar-refractivity contribution in [2.45, 2.75) is 70.5 Å². The summed E-state index contributed by atoms with van der Waals surface area (Å²) in [5.74, 6) is 0.913. The summed E-state index contributed by atoms with van der Waals surface area (Å²) in [6.45, 7) is 7.00. The number of benzene rings is 1. The van der Waals surface area contributed by atoms with Gasteiger partial charge in [0.15, 0.2) is 11.5 Å². The van der Waals surface area contributed by atoms with E-state index < -0.39 is 11.7 Å². The smallest absolute Gasteiger partial charge is 0.164 e. The number of phenols is 1. The normalized spacial score (nSPS) is 37.0. The SMILES string of the molecule is CC1COc2c1cc1c(c2O)CC2(O)CCCC(C)(C)C2CC1O. The maximum absolute atomic E-state index is 11.4. The van der Waals surface area contributed by atoms with Crippen LogP contribution in [0.15, 0.2) is 6.07 Å². The second-order valence-corrected chi connectivity index (χ2v) is 8.85. The van der Waals surface area contributed by atoms with Crippen LogP contribution in [0, 0.1) is 11.3 Å². The fourth-order valence-corrected chi connectivity index (χ4v) is 5.36. The van der Waals surface area contributed by atoms with Crippen LogP contribution < -0.4 is 4.74 Å². The molecule has 4 nitrogen and oxygen atoms in total. The molecule has 1 aliphatic heterocycles. The lowest BCUT2D eigenvalue weighted by Gasteiger charge is -2.49. The van der Waals surface area contributed by atoms with Gasteiger partial charge >= 0.3 is 0 Å². The van der Waals surface area contributed by atoms with Crippen LogP contribution in [-0.2, 0) is 6.42 Å². The second kappa shape index (κ2) is 5.12. The van der Waals surface area contributed by atoms with Crippen molar-refractivity contribution >= 4 is 0 Å². The van der Waals surface area contributed by atoms with Gasteiger partial charge in [0.05, 0.1) is 18.3 Å². The van der Waals surface area contributed by atoms with Crippen LogP contribution in [0.3, 0.4) is 0 Å². The molecule has 1 saturated carbocycles. The zero-order valence-electron chi connectivity index (χ0n) is 14.8. The molecule has 0 saturated heterocycles. The van der Waals surface area contributed by atoms with Crippen molar-refractivity contribution in [3.8, 4) is 11.5 Å². The molecule has 4 unspecified atom stereocenters. The highest BCUT2D eigenvalue weighted by Crippen LogP contribution is 2.56. The highest BCUT2D eigenvalue weighted by Gasteiger charge is 2.51. The molecule has 1 heterocycles. The van der Waals surface area contributed by atoms with E-state index in [2.05, 4.69) is 20.8 Å². The first-order chi connectivity index (χ1) is 11.2. The minimum absolute atomic E-state index is 0.0157. The fourth-order valence-electron chi connectivity index (χ4n) is 5.36. The molecule has 24 heavy (non-hydrogen) atoms. The second-order valence-electron chi connectivity index (χ2n) is 8.85. The highest BCUT2D eigenvalue weighted by molar-refractivity contribution is 5.59. The molecular weight excluding hydrogens is 304 g/mol. The lowest BCUT2D eigenvalue weighted by Crippen LogP contribution is -2.50. The minimum Gasteiger partial charge on any atom is -0.504 e. The first-order valence-electron chi connectivity index (χ1n) is 9.15. The summed E-state index contributed by atoms with van der Waals surface area (Å²) < 4.78 is 5.68. The lowest BCUT2D eigenvalue weighted by molar-refractivity contribution is -0.112. The number of hydrogen-bond donors (Lipinski definition) is 3. The monoisotopic (exact) mass is 332 g/mol. The molecule has 0 aromatic heterocycles. The molecule has 0 amide bonds. The van der Waals surface area contributed by atoms with E-state index in [1.807, 2.05) is 6.07 Å². The average molecular weight is 332 g/mol. The summed E-state index contributed by atoms with van der Waals surface area (Å²) in [5.41, 5.74) is 1.55. The summed E-state index contributed by atoms with van der Waals surface area (Å²) in [6, 6.07) is 2.00. The molecular formula is C20H28O4. The Labute approximate surface area is 143 Å². The quantitative estimate of drug-likeness (QED) is 0.681. The molecule has 1 aromatic carbocycles. The molecule has 4 atom stereocenters. The predicted molar refractivity (Wildman–Crippen MR) is 91.4 cm³/mol. The molecule has 4 rings (SSSR count). The summed E-state index contributed by atoms with van der Waals surface area (Å²) in [7, 11) is 0. The molecule has 132 valence electrons. The highest BCUT2D eigenvalue weighted by atomic mass is 16.5. The number of fused-ring (bicyclic) bond motifs is 3. The molecule has 1 fully saturated rings. The van der Waals surface area contributed by atoms with Gasteiger partial charge in [0.25, 0.3) is 0 Å². The Morgan fingerprint density at radius 2 is 1.96 bits per heavy atom. The average Bonchev–Trinajstić information content (AvgIpc) is 2.81. The Morgan fingerprint density at radius 1 is 1.21 bits per heavy atom. The van der Waals surface area contributed by atoms with Gasteiger partial charge < -0.3 is 20.1 Å². The summed E-state index contributed by atoms with van der Waals surface area (Å²) in [4.78, 5) is 0. The number of phenolic OH excluding ortho intramolecular Hbond substituents is 1. The maximum Gasteiger partial charge on any atom is 0.164 e. The molecule has 2 aliphatic carbocycles. The topological polar surface area (TPSA) is 69.9 Å². The van der Waals surface area contributed by atoms with Crippen LogP contribution in [0.4, 0.5) is 0 Å². The summed E-state index contributed by atoms with van der Waals surface area (Å²) in [5, 5.41) is 33.1. The van der Waals surface area contributed by atoms with Gasteiger partial charge in [-0.05, 0) is 42.2 Å². The predicted octanol–water partition coefficient (Wildman–Crippen LogP) is 3.43. The standard InChI is InChI=1S/C20H28O4/c1-11-10-24-18-12(11)7-13-14(17(18)22)9-20(23)6-4-5-19(2,3)16(20)8-15(13)21/h7,11,15-16,21-23H,4-6,8-10H2,1-3H3. The van der Waals surface area contributed by atoms with E-state index in [0.29, 0.717) is 30.8 Å². The van der Waals surface area contributed by atoms with Gasteiger partial charge in [-0.2, -0.15) is 0 Å². The molecule has 0 spiro atoms. The Balaban J connectivity index is 1.86. The van der Waals surface area contributed by atoms with E-state index in [4.69, 9.17) is 4.74 Å². The van der Waals surface area contributed by atoms with Crippen LogP contribution in [0.2, 0.25) is 0 Å². The third-order valence-corrected chi connectivity index (χ3v) is 6.75. The Morgan fingerprint density at radius 3 is 2.71 bits per heavy atom. The first-order valence-corrected chi connectivity index (χ1v) is 9.15. The van der Waals surface area contributed by atoms with E-state index in [-0.39, 0.29) is 23.0 Å². The number of rotatable bonds is 0. The van der Waals surface area contributed by atoms with Gasteiger partial charge in [-0.3, -0.25) is 0 Å². The van der Waals surface area contributed by atoms with Crippen molar-refractivity contribution < 1.29 is 20.1 Å². The molecule has 3 aliphatic rings.